The Morgan fingerprint density at radius 2 is 1.30 bits per heavy atom. The van der Waals surface area contributed by atoms with Gasteiger partial charge in [0.25, 0.3) is 0 Å². The van der Waals surface area contributed by atoms with Crippen LogP contribution >= 0.6 is 0 Å². The predicted molar refractivity (Wildman–Crippen MR) is 154 cm³/mol. The molecule has 0 saturated heterocycles. The number of hydrogen-bond acceptors (Lipinski definition) is 4. The van der Waals surface area contributed by atoms with Gasteiger partial charge < -0.3 is 4.74 Å². The fraction of sp³-hybridized carbons (Fsp3) is 0.606. The van der Waals surface area contributed by atoms with Crippen molar-refractivity contribution < 1.29 is 14.4 Å². The molecule has 0 aliphatic carbocycles. The predicted octanol–water partition coefficient (Wildman–Crippen LogP) is 8.59. The average Bonchev–Trinajstić information content (AvgIpc) is 2.82. The lowest BCUT2D eigenvalue weighted by atomic mass is 9.68. The molecule has 0 spiro atoms. The molecule has 2 aromatic rings. The van der Waals surface area contributed by atoms with E-state index in [1.807, 2.05) is 32.9 Å². The molecule has 3 atom stereocenters. The monoisotopic (exact) mass is 509 g/mol. The molecule has 0 aliphatic rings. The Morgan fingerprint density at radius 3 is 1.73 bits per heavy atom. The van der Waals surface area contributed by atoms with Crippen molar-refractivity contribution in [1.29, 1.82) is 0 Å². The highest BCUT2D eigenvalue weighted by molar-refractivity contribution is 5.74. The number of nitrogens with zero attached hydrogens (tertiary/aromatic N) is 1. The zero-order valence-electron chi connectivity index (χ0n) is 25.2. The molecular weight excluding hydrogens is 458 g/mol. The van der Waals surface area contributed by atoms with Gasteiger partial charge in [0, 0.05) is 5.54 Å². The third-order valence-corrected chi connectivity index (χ3v) is 7.63. The summed E-state index contributed by atoms with van der Waals surface area (Å²) in [5.41, 5.74) is 1.22. The van der Waals surface area contributed by atoms with Crippen molar-refractivity contribution >= 4 is 5.97 Å². The van der Waals surface area contributed by atoms with Crippen LogP contribution in [-0.2, 0) is 14.4 Å². The van der Waals surface area contributed by atoms with Gasteiger partial charge >= 0.3 is 5.97 Å². The first-order chi connectivity index (χ1) is 17.1. The molecule has 3 unspecified atom stereocenters. The second kappa shape index (κ2) is 12.6. The van der Waals surface area contributed by atoms with Crippen molar-refractivity contribution in [3.63, 3.8) is 0 Å². The van der Waals surface area contributed by atoms with E-state index in [2.05, 4.69) is 109 Å². The number of hydrogen-bond donors (Lipinski definition) is 0. The Kier molecular flexibility index (Phi) is 10.6. The Morgan fingerprint density at radius 1 is 0.811 bits per heavy atom. The molecule has 0 aromatic heterocycles. The summed E-state index contributed by atoms with van der Waals surface area (Å²) in [6, 6.07) is 21.1. The molecule has 0 radical (unpaired) electrons. The first-order valence-corrected chi connectivity index (χ1v) is 13.9. The minimum atomic E-state index is -0.796. The van der Waals surface area contributed by atoms with Crippen LogP contribution in [-0.4, -0.2) is 28.8 Å². The molecule has 0 aliphatic heterocycles. The van der Waals surface area contributed by atoms with Gasteiger partial charge in [-0.25, -0.2) is 0 Å². The number of benzene rings is 2. The number of hydroxylamine groups is 2. The highest BCUT2D eigenvalue weighted by atomic mass is 16.7. The molecule has 0 bridgehead atoms. The van der Waals surface area contributed by atoms with Crippen LogP contribution in [0.4, 0.5) is 0 Å². The van der Waals surface area contributed by atoms with Gasteiger partial charge in [-0.3, -0.25) is 9.63 Å². The zero-order valence-corrected chi connectivity index (χ0v) is 25.2. The molecule has 0 saturated carbocycles. The molecular formula is C33H51NO3. The Labute approximate surface area is 226 Å². The van der Waals surface area contributed by atoms with Crippen molar-refractivity contribution in [2.45, 2.75) is 106 Å². The summed E-state index contributed by atoms with van der Waals surface area (Å²) in [5, 5.41) is 2.12. The maximum absolute atomic E-state index is 13.5. The molecule has 4 heteroatoms. The van der Waals surface area contributed by atoms with Crippen molar-refractivity contribution in [2.75, 3.05) is 6.61 Å². The number of esters is 1. The number of carbonyl (C=O) groups excluding carboxylic acids is 1. The number of carbonyl (C=O) groups is 1. The third kappa shape index (κ3) is 8.15. The number of ether oxygens (including phenoxy) is 1. The fourth-order valence-corrected chi connectivity index (χ4v) is 5.12. The van der Waals surface area contributed by atoms with Gasteiger partial charge in [0.15, 0.2) is 0 Å². The van der Waals surface area contributed by atoms with E-state index in [1.165, 1.54) is 11.1 Å². The van der Waals surface area contributed by atoms with Crippen molar-refractivity contribution in [3.05, 3.63) is 71.8 Å². The molecule has 2 rings (SSSR count). The Balaban J connectivity index is 2.48. The van der Waals surface area contributed by atoms with Crippen LogP contribution in [0.3, 0.4) is 0 Å². The molecule has 0 fully saturated rings. The number of rotatable bonds is 12. The average molecular weight is 510 g/mol. The lowest BCUT2D eigenvalue weighted by Gasteiger charge is -2.48. The summed E-state index contributed by atoms with van der Waals surface area (Å²) in [6.07, 6.45) is 0.643. The maximum atomic E-state index is 13.5. The molecule has 4 nitrogen and oxygen atoms in total. The molecule has 0 amide bonds. The van der Waals surface area contributed by atoms with Crippen molar-refractivity contribution in [1.82, 2.24) is 5.06 Å². The van der Waals surface area contributed by atoms with Crippen LogP contribution in [0.25, 0.3) is 0 Å². The van der Waals surface area contributed by atoms with Crippen LogP contribution in [0, 0.1) is 17.3 Å². The van der Waals surface area contributed by atoms with E-state index in [0.29, 0.717) is 18.9 Å². The van der Waals surface area contributed by atoms with E-state index in [0.717, 1.165) is 0 Å². The van der Waals surface area contributed by atoms with Gasteiger partial charge in [-0.2, -0.15) is 5.06 Å². The Hall–Kier alpha value is -2.17. The van der Waals surface area contributed by atoms with Gasteiger partial charge in [-0.05, 0) is 76.3 Å². The van der Waals surface area contributed by atoms with Crippen LogP contribution in [0.2, 0.25) is 0 Å². The van der Waals surface area contributed by atoms with Gasteiger partial charge in [0.1, 0.15) is 0 Å². The minimum Gasteiger partial charge on any atom is -0.466 e. The fourth-order valence-electron chi connectivity index (χ4n) is 5.12. The second-order valence-electron chi connectivity index (χ2n) is 12.9. The van der Waals surface area contributed by atoms with E-state index >= 15 is 0 Å². The molecule has 37 heavy (non-hydrogen) atoms. The van der Waals surface area contributed by atoms with Crippen LogP contribution in [0.1, 0.15) is 106 Å². The first kappa shape index (κ1) is 31.1. The highest BCUT2D eigenvalue weighted by Crippen LogP contribution is 2.45. The van der Waals surface area contributed by atoms with Gasteiger partial charge in [-0.15, -0.1) is 0 Å². The standard InChI is InChI=1S/C33H51NO3/c1-12-36-30(35)28(23-32(8,9)25(4)26-19-15-13-16-20-26)33(10,11)37-34(31(5,6)7)29(24(2)3)27-21-17-14-18-22-27/h13-22,24-25,28-29H,12,23H2,1-11H3. The normalized spacial score (nSPS) is 15.5. The quantitative estimate of drug-likeness (QED) is 0.212. The summed E-state index contributed by atoms with van der Waals surface area (Å²) in [5.74, 6) is -0.0848. The minimum absolute atomic E-state index is 0.0274. The van der Waals surface area contributed by atoms with E-state index in [1.54, 1.807) is 0 Å². The van der Waals surface area contributed by atoms with E-state index in [-0.39, 0.29) is 28.9 Å². The lowest BCUT2D eigenvalue weighted by molar-refractivity contribution is -0.314. The summed E-state index contributed by atoms with van der Waals surface area (Å²) in [4.78, 5) is 20.5. The van der Waals surface area contributed by atoms with E-state index in [4.69, 9.17) is 9.57 Å². The first-order valence-electron chi connectivity index (χ1n) is 13.9. The smallest absolute Gasteiger partial charge is 0.311 e. The maximum Gasteiger partial charge on any atom is 0.311 e. The second-order valence-corrected chi connectivity index (χ2v) is 12.9. The van der Waals surface area contributed by atoms with E-state index < -0.39 is 11.5 Å². The van der Waals surface area contributed by atoms with Gasteiger partial charge in [0.05, 0.1) is 24.2 Å². The SMILES string of the molecule is CCOC(=O)C(CC(C)(C)C(C)c1ccccc1)C(C)(C)ON(C(c1ccccc1)C(C)C)C(C)(C)C. The molecule has 206 valence electrons. The van der Waals surface area contributed by atoms with Crippen LogP contribution < -0.4 is 0 Å². The Bertz CT molecular complexity index is 960. The van der Waals surface area contributed by atoms with Gasteiger partial charge in [0.2, 0.25) is 0 Å². The summed E-state index contributed by atoms with van der Waals surface area (Å²) in [7, 11) is 0. The molecule has 2 aromatic carbocycles. The third-order valence-electron chi connectivity index (χ3n) is 7.63. The summed E-state index contributed by atoms with van der Waals surface area (Å²) < 4.78 is 5.64. The summed E-state index contributed by atoms with van der Waals surface area (Å²) in [6.45, 7) is 24.0. The van der Waals surface area contributed by atoms with Crippen LogP contribution in [0.5, 0.6) is 0 Å². The van der Waals surface area contributed by atoms with Crippen molar-refractivity contribution in [2.24, 2.45) is 17.3 Å². The molecule has 0 N–H and O–H groups in total. The van der Waals surface area contributed by atoms with Gasteiger partial charge in [-0.1, -0.05) is 95.3 Å². The van der Waals surface area contributed by atoms with Crippen molar-refractivity contribution in [3.8, 4) is 0 Å². The van der Waals surface area contributed by atoms with E-state index in [9.17, 15) is 4.79 Å². The zero-order chi connectivity index (χ0) is 28.0. The molecule has 0 heterocycles. The largest absolute Gasteiger partial charge is 0.466 e. The van der Waals surface area contributed by atoms with Crippen LogP contribution in [0.15, 0.2) is 60.7 Å². The summed E-state index contributed by atoms with van der Waals surface area (Å²) >= 11 is 0. The highest BCUT2D eigenvalue weighted by Gasteiger charge is 2.46. The topological polar surface area (TPSA) is 38.8 Å². The lowest BCUT2D eigenvalue weighted by Crippen LogP contribution is -2.54.